The molecule has 1 rings (SSSR count). The Bertz CT molecular complexity index is 354. The minimum Gasteiger partial charge on any atom is -0.388 e. The van der Waals surface area contributed by atoms with Gasteiger partial charge in [0.25, 0.3) is 0 Å². The minimum absolute atomic E-state index is 0.0118. The lowest BCUT2D eigenvalue weighted by Gasteiger charge is -2.18. The first kappa shape index (κ1) is 13.7. The number of carbonyl (C=O) groups is 1. The molecule has 0 aromatic heterocycles. The van der Waals surface area contributed by atoms with E-state index in [1.165, 1.54) is 0 Å². The molecule has 0 saturated carbocycles. The Kier molecular flexibility index (Phi) is 4.70. The zero-order valence-corrected chi connectivity index (χ0v) is 10.7. The maximum atomic E-state index is 11.6. The molecule has 94 valence electrons. The Morgan fingerprint density at radius 2 is 1.88 bits per heavy atom. The first-order valence-corrected chi connectivity index (χ1v) is 5.92. The van der Waals surface area contributed by atoms with Crippen molar-refractivity contribution in [3.63, 3.8) is 0 Å². The van der Waals surface area contributed by atoms with Crippen molar-refractivity contribution in [2.24, 2.45) is 5.41 Å². The number of benzene rings is 1. The number of aliphatic hydroxyl groups is 1. The van der Waals surface area contributed by atoms with E-state index in [4.69, 9.17) is 0 Å². The molecule has 0 heterocycles. The number of aliphatic hydroxyl groups excluding tert-OH is 1. The lowest BCUT2D eigenvalue weighted by molar-refractivity contribution is -0.128. The summed E-state index contributed by atoms with van der Waals surface area (Å²) in [5, 5.41) is 12.7. The second-order valence-electron chi connectivity index (χ2n) is 5.22. The van der Waals surface area contributed by atoms with Gasteiger partial charge in [-0.3, -0.25) is 4.79 Å². The Hall–Kier alpha value is -1.35. The highest BCUT2D eigenvalue weighted by Gasteiger charge is 2.20. The summed E-state index contributed by atoms with van der Waals surface area (Å²) >= 11 is 0. The van der Waals surface area contributed by atoms with Crippen LogP contribution in [-0.2, 0) is 4.79 Å². The highest BCUT2D eigenvalue weighted by Crippen LogP contribution is 2.16. The first-order valence-electron chi connectivity index (χ1n) is 5.92. The van der Waals surface area contributed by atoms with Crippen molar-refractivity contribution in [2.75, 3.05) is 6.54 Å². The molecule has 0 aliphatic carbocycles. The molecule has 0 aliphatic heterocycles. The predicted octanol–water partition coefficient (Wildman–Crippen LogP) is 2.27. The van der Waals surface area contributed by atoms with Gasteiger partial charge in [-0.1, -0.05) is 51.1 Å². The van der Waals surface area contributed by atoms with Gasteiger partial charge in [0.15, 0.2) is 0 Å². The van der Waals surface area contributed by atoms with E-state index >= 15 is 0 Å². The molecule has 1 amide bonds. The topological polar surface area (TPSA) is 49.3 Å². The third-order valence-corrected chi connectivity index (χ3v) is 2.57. The Morgan fingerprint density at radius 3 is 2.41 bits per heavy atom. The third-order valence-electron chi connectivity index (χ3n) is 2.57. The number of hydrogen-bond acceptors (Lipinski definition) is 2. The number of carbonyl (C=O) groups excluding carboxylic acids is 1. The monoisotopic (exact) mass is 235 g/mol. The van der Waals surface area contributed by atoms with Gasteiger partial charge in [0.05, 0.1) is 6.10 Å². The molecule has 0 bridgehead atoms. The van der Waals surface area contributed by atoms with Crippen LogP contribution in [0.5, 0.6) is 0 Å². The van der Waals surface area contributed by atoms with E-state index in [-0.39, 0.29) is 11.3 Å². The van der Waals surface area contributed by atoms with Crippen molar-refractivity contribution in [3.05, 3.63) is 35.9 Å². The van der Waals surface area contributed by atoms with Gasteiger partial charge in [0.1, 0.15) is 0 Å². The summed E-state index contributed by atoms with van der Waals surface area (Å²) in [5.74, 6) is 0.0118. The predicted molar refractivity (Wildman–Crippen MR) is 68.5 cm³/mol. The van der Waals surface area contributed by atoms with Crippen molar-refractivity contribution in [1.82, 2.24) is 5.32 Å². The third kappa shape index (κ3) is 4.57. The van der Waals surface area contributed by atoms with Crippen LogP contribution in [0.4, 0.5) is 0 Å². The molecule has 1 aromatic rings. The van der Waals surface area contributed by atoms with Crippen molar-refractivity contribution in [3.8, 4) is 0 Å². The molecular formula is C14H21NO2. The summed E-state index contributed by atoms with van der Waals surface area (Å²) in [7, 11) is 0. The average molecular weight is 235 g/mol. The van der Waals surface area contributed by atoms with Gasteiger partial charge in [0.2, 0.25) is 5.91 Å². The van der Waals surface area contributed by atoms with Gasteiger partial charge in [-0.05, 0) is 12.0 Å². The molecule has 0 aliphatic rings. The van der Waals surface area contributed by atoms with Crippen LogP contribution in [0.3, 0.4) is 0 Å². The molecule has 2 N–H and O–H groups in total. The zero-order chi connectivity index (χ0) is 12.9. The second-order valence-corrected chi connectivity index (χ2v) is 5.22. The molecule has 1 aromatic carbocycles. The minimum atomic E-state index is -0.517. The fraction of sp³-hybridized carbons (Fsp3) is 0.500. The molecule has 1 atom stereocenters. The largest absolute Gasteiger partial charge is 0.388 e. The summed E-state index contributed by atoms with van der Waals surface area (Å²) in [6.45, 7) is 6.11. The SMILES string of the molecule is CC(C)(C)C(=O)NCC[C@@H](O)c1ccccc1. The summed E-state index contributed by atoms with van der Waals surface area (Å²) in [6, 6.07) is 9.47. The van der Waals surface area contributed by atoms with Crippen molar-refractivity contribution in [2.45, 2.75) is 33.3 Å². The van der Waals surface area contributed by atoms with Gasteiger partial charge in [-0.25, -0.2) is 0 Å². The molecule has 0 fully saturated rings. The van der Waals surface area contributed by atoms with Crippen LogP contribution in [-0.4, -0.2) is 17.6 Å². The fourth-order valence-corrected chi connectivity index (χ4v) is 1.43. The number of amides is 1. The Balaban J connectivity index is 2.35. The average Bonchev–Trinajstić information content (AvgIpc) is 2.28. The van der Waals surface area contributed by atoms with Crippen LogP contribution in [0.15, 0.2) is 30.3 Å². The van der Waals surface area contributed by atoms with Crippen LogP contribution in [0.25, 0.3) is 0 Å². The quantitative estimate of drug-likeness (QED) is 0.841. The van der Waals surface area contributed by atoms with Crippen molar-refractivity contribution < 1.29 is 9.90 Å². The Labute approximate surface area is 103 Å². The normalized spacial score (nSPS) is 13.2. The van der Waals surface area contributed by atoms with E-state index in [1.54, 1.807) is 0 Å². The van der Waals surface area contributed by atoms with E-state index < -0.39 is 6.10 Å². The molecule has 0 spiro atoms. The summed E-state index contributed by atoms with van der Waals surface area (Å²) in [5.41, 5.74) is 0.509. The van der Waals surface area contributed by atoms with Gasteiger partial charge < -0.3 is 10.4 Å². The highest BCUT2D eigenvalue weighted by molar-refractivity contribution is 5.81. The summed E-state index contributed by atoms with van der Waals surface area (Å²) in [6.07, 6.45) is 0.0164. The summed E-state index contributed by atoms with van der Waals surface area (Å²) < 4.78 is 0. The summed E-state index contributed by atoms with van der Waals surface area (Å²) in [4.78, 5) is 11.6. The molecule has 3 heteroatoms. The van der Waals surface area contributed by atoms with Crippen molar-refractivity contribution in [1.29, 1.82) is 0 Å². The van der Waals surface area contributed by atoms with E-state index in [0.29, 0.717) is 13.0 Å². The van der Waals surface area contributed by atoms with Gasteiger partial charge >= 0.3 is 0 Å². The second kappa shape index (κ2) is 5.82. The fourth-order valence-electron chi connectivity index (χ4n) is 1.43. The number of rotatable bonds is 4. The van der Waals surface area contributed by atoms with Crippen LogP contribution in [0.1, 0.15) is 38.9 Å². The number of hydrogen-bond donors (Lipinski definition) is 2. The Morgan fingerprint density at radius 1 is 1.29 bits per heavy atom. The zero-order valence-electron chi connectivity index (χ0n) is 10.7. The van der Waals surface area contributed by atoms with Crippen molar-refractivity contribution >= 4 is 5.91 Å². The van der Waals surface area contributed by atoms with Gasteiger partial charge in [-0.2, -0.15) is 0 Å². The van der Waals surface area contributed by atoms with Gasteiger partial charge in [-0.15, -0.1) is 0 Å². The molecule has 0 saturated heterocycles. The van der Waals surface area contributed by atoms with E-state index in [9.17, 15) is 9.90 Å². The molecule has 0 radical (unpaired) electrons. The highest BCUT2D eigenvalue weighted by atomic mass is 16.3. The van der Waals surface area contributed by atoms with Gasteiger partial charge in [0, 0.05) is 12.0 Å². The van der Waals surface area contributed by atoms with Crippen LogP contribution >= 0.6 is 0 Å². The molecule has 3 nitrogen and oxygen atoms in total. The molecular weight excluding hydrogens is 214 g/mol. The standard InChI is InChI=1S/C14H21NO2/c1-14(2,3)13(17)15-10-9-12(16)11-7-5-4-6-8-11/h4-8,12,16H,9-10H2,1-3H3,(H,15,17)/t12-/m1/s1. The van der Waals surface area contributed by atoms with E-state index in [1.807, 2.05) is 51.1 Å². The van der Waals surface area contributed by atoms with E-state index in [2.05, 4.69) is 5.32 Å². The lowest BCUT2D eigenvalue weighted by atomic mass is 9.95. The maximum absolute atomic E-state index is 11.6. The van der Waals surface area contributed by atoms with Crippen LogP contribution in [0, 0.1) is 5.41 Å². The van der Waals surface area contributed by atoms with Crippen LogP contribution in [0.2, 0.25) is 0 Å². The maximum Gasteiger partial charge on any atom is 0.225 e. The lowest BCUT2D eigenvalue weighted by Crippen LogP contribution is -2.35. The van der Waals surface area contributed by atoms with Crippen LogP contribution < -0.4 is 5.32 Å². The molecule has 0 unspecified atom stereocenters. The smallest absolute Gasteiger partial charge is 0.225 e. The van der Waals surface area contributed by atoms with E-state index in [0.717, 1.165) is 5.56 Å². The molecule has 17 heavy (non-hydrogen) atoms. The number of nitrogens with one attached hydrogen (secondary N) is 1. The first-order chi connectivity index (χ1) is 7.91.